The van der Waals surface area contributed by atoms with Crippen molar-refractivity contribution in [2.45, 2.75) is 10.1 Å². The Bertz CT molecular complexity index is 1200. The van der Waals surface area contributed by atoms with Crippen molar-refractivity contribution in [1.29, 1.82) is 0 Å². The molecule has 0 fully saturated rings. The lowest BCUT2D eigenvalue weighted by Gasteiger charge is -2.19. The molecule has 0 aliphatic rings. The number of pyridine rings is 1. The molecule has 1 heterocycles. The number of ether oxygens (including phenoxy) is 4. The number of nitrogens with one attached hydrogen (secondary N) is 1. The highest BCUT2D eigenvalue weighted by atomic mass is 32.2. The maximum Gasteiger partial charge on any atom is 0.251 e. The summed E-state index contributed by atoms with van der Waals surface area (Å²) in [6, 6.07) is 12.4. The number of rotatable bonds is 10. The summed E-state index contributed by atoms with van der Waals surface area (Å²) in [4.78, 5) is 17.1. The smallest absolute Gasteiger partial charge is 0.251 e. The second-order valence-corrected chi connectivity index (χ2v) is 9.25. The molecule has 0 saturated carbocycles. The number of benzene rings is 2. The maximum absolute atomic E-state index is 13.5. The molecule has 9 nitrogen and oxygen atoms in total. The van der Waals surface area contributed by atoms with Crippen LogP contribution in [0.1, 0.15) is 21.2 Å². The van der Waals surface area contributed by atoms with Crippen LogP contribution in [0.4, 0.5) is 0 Å². The van der Waals surface area contributed by atoms with Gasteiger partial charge in [0.05, 0.1) is 33.3 Å². The number of carbonyl (C=O) groups excluding carboxylic acids is 1. The van der Waals surface area contributed by atoms with Crippen molar-refractivity contribution in [2.24, 2.45) is 0 Å². The Morgan fingerprint density at radius 2 is 1.59 bits per heavy atom. The highest BCUT2D eigenvalue weighted by Gasteiger charge is 2.30. The Morgan fingerprint density at radius 3 is 2.09 bits per heavy atom. The molecule has 0 aliphatic heterocycles. The van der Waals surface area contributed by atoms with E-state index in [0.717, 1.165) is 0 Å². The van der Waals surface area contributed by atoms with Crippen molar-refractivity contribution in [3.63, 3.8) is 0 Å². The van der Waals surface area contributed by atoms with E-state index in [-0.39, 0.29) is 17.0 Å². The van der Waals surface area contributed by atoms with E-state index in [2.05, 4.69) is 10.3 Å². The van der Waals surface area contributed by atoms with Gasteiger partial charge in [-0.3, -0.25) is 9.78 Å². The average molecular weight is 487 g/mol. The summed E-state index contributed by atoms with van der Waals surface area (Å²) in [5.74, 6) is 0.992. The van der Waals surface area contributed by atoms with Gasteiger partial charge in [0.15, 0.2) is 21.3 Å². The lowest BCUT2D eigenvalue weighted by atomic mass is 10.1. The number of hydrogen-bond acceptors (Lipinski definition) is 8. The van der Waals surface area contributed by atoms with Gasteiger partial charge in [-0.25, -0.2) is 8.42 Å². The molecule has 1 amide bonds. The molecule has 1 N–H and O–H groups in total. The molecule has 1 atom stereocenters. The van der Waals surface area contributed by atoms with Crippen LogP contribution in [0.2, 0.25) is 0 Å². The van der Waals surface area contributed by atoms with Gasteiger partial charge in [-0.15, -0.1) is 0 Å². The second-order valence-electron chi connectivity index (χ2n) is 7.12. The molecule has 1 aromatic heterocycles. The normalized spacial score (nSPS) is 11.9. The summed E-state index contributed by atoms with van der Waals surface area (Å²) in [6.45, 7) is -0.185. The van der Waals surface area contributed by atoms with Gasteiger partial charge in [-0.2, -0.15) is 0 Å². The fourth-order valence-electron chi connectivity index (χ4n) is 3.40. The zero-order valence-electron chi connectivity index (χ0n) is 19.3. The highest BCUT2D eigenvalue weighted by Crippen LogP contribution is 2.38. The molecule has 10 heteroatoms. The van der Waals surface area contributed by atoms with Gasteiger partial charge in [-0.05, 0) is 48.0 Å². The molecule has 0 spiro atoms. The second kappa shape index (κ2) is 10.9. The Labute approximate surface area is 198 Å². The van der Waals surface area contributed by atoms with E-state index in [1.807, 2.05) is 0 Å². The average Bonchev–Trinajstić information content (AvgIpc) is 2.88. The number of amides is 1. The molecular formula is C24H26N2O7S. The van der Waals surface area contributed by atoms with E-state index in [4.69, 9.17) is 18.9 Å². The highest BCUT2D eigenvalue weighted by molar-refractivity contribution is 7.91. The molecule has 3 aromatic rings. The van der Waals surface area contributed by atoms with E-state index >= 15 is 0 Å². The van der Waals surface area contributed by atoms with Crippen LogP contribution in [-0.2, 0) is 9.84 Å². The zero-order chi connectivity index (χ0) is 24.7. The quantitative estimate of drug-likeness (QED) is 0.465. The minimum Gasteiger partial charge on any atom is -0.497 e. The Kier molecular flexibility index (Phi) is 7.95. The number of aromatic nitrogens is 1. The van der Waals surface area contributed by atoms with Crippen molar-refractivity contribution < 1.29 is 32.2 Å². The van der Waals surface area contributed by atoms with E-state index in [0.29, 0.717) is 28.6 Å². The third-order valence-corrected chi connectivity index (χ3v) is 7.31. The first-order valence-electron chi connectivity index (χ1n) is 10.2. The van der Waals surface area contributed by atoms with Crippen molar-refractivity contribution >= 4 is 15.7 Å². The summed E-state index contributed by atoms with van der Waals surface area (Å²) >= 11 is 0. The number of hydrogen-bond donors (Lipinski definition) is 1. The molecule has 0 saturated heterocycles. The first kappa shape index (κ1) is 24.8. The van der Waals surface area contributed by atoms with Gasteiger partial charge in [0.2, 0.25) is 5.75 Å². The minimum absolute atomic E-state index is 0.101. The predicted molar refractivity (Wildman–Crippen MR) is 126 cm³/mol. The fraction of sp³-hybridized carbons (Fsp3) is 0.250. The Hall–Kier alpha value is -3.79. The van der Waals surface area contributed by atoms with E-state index < -0.39 is 21.0 Å². The van der Waals surface area contributed by atoms with Crippen molar-refractivity contribution in [1.82, 2.24) is 10.3 Å². The van der Waals surface area contributed by atoms with Gasteiger partial charge >= 0.3 is 0 Å². The van der Waals surface area contributed by atoms with Crippen molar-refractivity contribution in [3.05, 3.63) is 72.1 Å². The molecule has 34 heavy (non-hydrogen) atoms. The molecule has 180 valence electrons. The van der Waals surface area contributed by atoms with Gasteiger partial charge in [-0.1, -0.05) is 6.07 Å². The minimum atomic E-state index is -3.87. The Balaban J connectivity index is 1.92. The predicted octanol–water partition coefficient (Wildman–Crippen LogP) is 3.06. The largest absolute Gasteiger partial charge is 0.497 e. The van der Waals surface area contributed by atoms with Crippen molar-refractivity contribution in [2.75, 3.05) is 35.0 Å². The van der Waals surface area contributed by atoms with E-state index in [1.54, 1.807) is 30.5 Å². The SMILES string of the molecule is COc1ccc(S(=O)(=O)[C@@H](CNC(=O)c2cc(OC)c(OC)c(OC)c2)c2cccnc2)cc1. The number of sulfone groups is 1. The first-order valence-corrected chi connectivity index (χ1v) is 11.8. The number of carbonyl (C=O) groups is 1. The van der Waals surface area contributed by atoms with E-state index in [9.17, 15) is 13.2 Å². The fourth-order valence-corrected chi connectivity index (χ4v) is 5.05. The standard InChI is InChI=1S/C24H26N2O7S/c1-30-18-7-9-19(10-8-18)34(28,29)22(16-6-5-11-25-14-16)15-26-24(27)17-12-20(31-2)23(33-4)21(13-17)32-3/h5-14,22H,15H2,1-4H3,(H,26,27)/t22-/m0/s1. The monoisotopic (exact) mass is 486 g/mol. The van der Waals surface area contributed by atoms with E-state index in [1.165, 1.54) is 58.9 Å². The van der Waals surface area contributed by atoms with Crippen molar-refractivity contribution in [3.8, 4) is 23.0 Å². The first-order chi connectivity index (χ1) is 16.3. The molecule has 0 aliphatic carbocycles. The lowest BCUT2D eigenvalue weighted by Crippen LogP contribution is -2.32. The van der Waals surface area contributed by atoms with Gasteiger partial charge in [0.25, 0.3) is 5.91 Å². The summed E-state index contributed by atoms with van der Waals surface area (Å²) in [5.41, 5.74) is 0.671. The zero-order valence-corrected chi connectivity index (χ0v) is 20.1. The van der Waals surface area contributed by atoms with Gasteiger partial charge in [0, 0.05) is 24.5 Å². The summed E-state index contributed by atoms with van der Waals surface area (Å²) in [7, 11) is 1.98. The van der Waals surface area contributed by atoms with Crippen LogP contribution in [0, 0.1) is 0 Å². The third kappa shape index (κ3) is 5.23. The van der Waals surface area contributed by atoms with Crippen LogP contribution in [0.5, 0.6) is 23.0 Å². The van der Waals surface area contributed by atoms with Crippen LogP contribution in [0.25, 0.3) is 0 Å². The number of methoxy groups -OCH3 is 4. The summed E-state index contributed by atoms with van der Waals surface area (Å²) < 4.78 is 48.0. The van der Waals surface area contributed by atoms with Crippen LogP contribution in [0.15, 0.2) is 65.8 Å². The summed E-state index contributed by atoms with van der Waals surface area (Å²) in [5, 5.41) is 1.64. The van der Waals surface area contributed by atoms with Crippen LogP contribution >= 0.6 is 0 Å². The lowest BCUT2D eigenvalue weighted by molar-refractivity contribution is 0.0953. The molecule has 0 radical (unpaired) electrons. The topological polar surface area (TPSA) is 113 Å². The van der Waals surface area contributed by atoms with Crippen LogP contribution < -0.4 is 24.3 Å². The third-order valence-electron chi connectivity index (χ3n) is 5.19. The van der Waals surface area contributed by atoms with Crippen LogP contribution in [-0.4, -0.2) is 54.3 Å². The molecule has 2 aromatic carbocycles. The maximum atomic E-state index is 13.5. The van der Waals surface area contributed by atoms with Gasteiger partial charge < -0.3 is 24.3 Å². The number of nitrogens with zero attached hydrogens (tertiary/aromatic N) is 1. The molecular weight excluding hydrogens is 460 g/mol. The molecule has 3 rings (SSSR count). The van der Waals surface area contributed by atoms with Crippen LogP contribution in [0.3, 0.4) is 0 Å². The summed E-state index contributed by atoms with van der Waals surface area (Å²) in [6.07, 6.45) is 3.02. The molecule has 0 bridgehead atoms. The van der Waals surface area contributed by atoms with Gasteiger partial charge in [0.1, 0.15) is 11.0 Å². The Morgan fingerprint density at radius 1 is 0.941 bits per heavy atom. The molecule has 0 unspecified atom stereocenters.